The van der Waals surface area contributed by atoms with Crippen LogP contribution in [-0.4, -0.2) is 42.1 Å². The summed E-state index contributed by atoms with van der Waals surface area (Å²) in [5.74, 6) is -0.963. The van der Waals surface area contributed by atoms with Crippen LogP contribution in [0.1, 0.15) is 0 Å². The van der Waals surface area contributed by atoms with E-state index in [1.165, 1.54) is 29.3 Å². The quantitative estimate of drug-likeness (QED) is 0.670. The second-order valence-corrected chi connectivity index (χ2v) is 5.52. The van der Waals surface area contributed by atoms with E-state index in [-0.39, 0.29) is 11.4 Å². The topological polar surface area (TPSA) is 110 Å². The van der Waals surface area contributed by atoms with Crippen LogP contribution in [0.25, 0.3) is 0 Å². The number of rotatable bonds is 4. The number of nitrogens with one attached hydrogen (secondary N) is 1. The molecule has 20 heavy (non-hydrogen) atoms. The van der Waals surface area contributed by atoms with Crippen molar-refractivity contribution in [2.45, 2.75) is 4.90 Å². The van der Waals surface area contributed by atoms with Gasteiger partial charge >= 0.3 is 5.97 Å². The maximum atomic E-state index is 10.9. The maximum absolute atomic E-state index is 10.9. The van der Waals surface area contributed by atoms with Gasteiger partial charge in [-0.3, -0.25) is 14.4 Å². The number of anilines is 1. The van der Waals surface area contributed by atoms with Gasteiger partial charge in [-0.05, 0) is 24.3 Å². The smallest absolute Gasteiger partial charge is 0.319 e. The Kier molecular flexibility index (Phi) is 4.04. The molecule has 1 heterocycles. The van der Waals surface area contributed by atoms with Crippen LogP contribution in [-0.2, 0) is 14.9 Å². The Hall–Kier alpha value is -1.94. The number of nitrogens with zero attached hydrogens (tertiary/aromatic N) is 2. The molecule has 1 aliphatic heterocycles. The van der Waals surface area contributed by atoms with Crippen molar-refractivity contribution in [1.29, 1.82) is 0 Å². The number of hydrogen-bond donors (Lipinski definition) is 3. The molecule has 9 heteroatoms. The van der Waals surface area contributed by atoms with Crippen LogP contribution in [0.3, 0.4) is 0 Å². The highest BCUT2D eigenvalue weighted by molar-refractivity contribution is 7.85. The molecule has 0 fully saturated rings. The molecule has 0 aromatic heterocycles. The Morgan fingerprint density at radius 1 is 1.30 bits per heavy atom. The third kappa shape index (κ3) is 3.54. The minimum Gasteiger partial charge on any atom is -0.480 e. The molecule has 1 aromatic carbocycles. The van der Waals surface area contributed by atoms with Gasteiger partial charge in [-0.2, -0.15) is 14.0 Å². The molecule has 1 aliphatic rings. The largest absolute Gasteiger partial charge is 0.480 e. The lowest BCUT2D eigenvalue weighted by atomic mass is 10.3. The minimum absolute atomic E-state index is 0.177. The second-order valence-electron chi connectivity index (χ2n) is 4.10. The molecule has 3 N–H and O–H groups in total. The minimum atomic E-state index is -4.22. The summed E-state index contributed by atoms with van der Waals surface area (Å²) < 4.78 is 30.8. The van der Waals surface area contributed by atoms with Crippen LogP contribution >= 0.6 is 0 Å². The molecule has 0 saturated heterocycles. The van der Waals surface area contributed by atoms with Crippen molar-refractivity contribution in [1.82, 2.24) is 10.5 Å². The number of carboxylic acid groups (broad SMARTS) is 1. The van der Waals surface area contributed by atoms with Gasteiger partial charge < -0.3 is 5.11 Å². The molecule has 0 spiro atoms. The second kappa shape index (κ2) is 5.59. The summed E-state index contributed by atoms with van der Waals surface area (Å²) in [5, 5.41) is 11.7. The standard InChI is InChI=1S/C11H13N3O5S/c15-11(16)8-13-6-1-7-14(12-13)9-2-4-10(5-3-9)20(17,18)19/h1-5,7,12H,6,8H2,(H,15,16)(H,17,18,19). The Morgan fingerprint density at radius 3 is 2.50 bits per heavy atom. The van der Waals surface area contributed by atoms with E-state index in [2.05, 4.69) is 5.53 Å². The first-order chi connectivity index (χ1) is 9.36. The zero-order valence-corrected chi connectivity index (χ0v) is 11.1. The van der Waals surface area contributed by atoms with Gasteiger partial charge in [0.05, 0.1) is 10.6 Å². The molecule has 2 rings (SSSR count). The highest BCUT2D eigenvalue weighted by Crippen LogP contribution is 2.18. The summed E-state index contributed by atoms with van der Waals surface area (Å²) in [4.78, 5) is 10.4. The fourth-order valence-corrected chi connectivity index (χ4v) is 2.17. The molecule has 0 amide bonds. The summed E-state index contributed by atoms with van der Waals surface area (Å²) in [5.41, 5.74) is 3.45. The first-order valence-electron chi connectivity index (χ1n) is 5.63. The summed E-state index contributed by atoms with van der Waals surface area (Å²) in [6.07, 6.45) is 3.46. The molecule has 1 aromatic rings. The Labute approximate surface area is 115 Å². The van der Waals surface area contributed by atoms with E-state index in [1.54, 1.807) is 17.3 Å². The fraction of sp³-hybridized carbons (Fsp3) is 0.182. The Balaban J connectivity index is 2.14. The van der Waals surface area contributed by atoms with Crippen LogP contribution in [0.15, 0.2) is 41.4 Å². The summed E-state index contributed by atoms with van der Waals surface area (Å²) in [7, 11) is -4.22. The first-order valence-corrected chi connectivity index (χ1v) is 7.07. The van der Waals surface area contributed by atoms with Gasteiger partial charge in [0, 0.05) is 12.7 Å². The van der Waals surface area contributed by atoms with E-state index < -0.39 is 16.1 Å². The number of benzene rings is 1. The summed E-state index contributed by atoms with van der Waals surface area (Å²) in [6, 6.07) is 5.50. The molecule has 0 unspecified atom stereocenters. The number of hydrazine groups is 2. The molecule has 8 nitrogen and oxygen atoms in total. The van der Waals surface area contributed by atoms with E-state index >= 15 is 0 Å². The van der Waals surface area contributed by atoms with Crippen molar-refractivity contribution in [2.75, 3.05) is 18.1 Å². The van der Waals surface area contributed by atoms with Gasteiger partial charge in [0.25, 0.3) is 10.1 Å². The zero-order valence-electron chi connectivity index (χ0n) is 10.3. The van der Waals surface area contributed by atoms with Gasteiger partial charge in [0.15, 0.2) is 0 Å². The van der Waals surface area contributed by atoms with Gasteiger partial charge in [0.2, 0.25) is 0 Å². The van der Waals surface area contributed by atoms with E-state index in [4.69, 9.17) is 9.66 Å². The highest BCUT2D eigenvalue weighted by atomic mass is 32.2. The average Bonchev–Trinajstić information content (AvgIpc) is 2.37. The first kappa shape index (κ1) is 14.5. The fourth-order valence-electron chi connectivity index (χ4n) is 1.69. The van der Waals surface area contributed by atoms with Crippen molar-refractivity contribution < 1.29 is 22.9 Å². The molecule has 0 saturated carbocycles. The SMILES string of the molecule is O=C(O)CN1CC=CN(c2ccc(S(=O)(=O)O)cc2)N1. The van der Waals surface area contributed by atoms with Gasteiger partial charge in [-0.15, -0.1) is 0 Å². The number of aliphatic carboxylic acids is 1. The van der Waals surface area contributed by atoms with Crippen molar-refractivity contribution in [3.05, 3.63) is 36.5 Å². The van der Waals surface area contributed by atoms with Crippen LogP contribution in [0.2, 0.25) is 0 Å². The zero-order chi connectivity index (χ0) is 14.8. The van der Waals surface area contributed by atoms with Crippen LogP contribution in [0.4, 0.5) is 5.69 Å². The number of carbonyl (C=O) groups is 1. The van der Waals surface area contributed by atoms with Crippen molar-refractivity contribution in [3.63, 3.8) is 0 Å². The maximum Gasteiger partial charge on any atom is 0.319 e. The van der Waals surface area contributed by atoms with Crippen LogP contribution in [0.5, 0.6) is 0 Å². The van der Waals surface area contributed by atoms with E-state index in [0.29, 0.717) is 12.2 Å². The van der Waals surface area contributed by atoms with Crippen LogP contribution in [0, 0.1) is 0 Å². The Bertz CT molecular complexity index is 626. The summed E-state index contributed by atoms with van der Waals surface area (Å²) in [6.45, 7) is 0.260. The lowest BCUT2D eigenvalue weighted by molar-refractivity contribution is -0.139. The Morgan fingerprint density at radius 2 is 1.95 bits per heavy atom. The van der Waals surface area contributed by atoms with Crippen molar-refractivity contribution in [3.8, 4) is 0 Å². The molecular weight excluding hydrogens is 286 g/mol. The van der Waals surface area contributed by atoms with E-state index in [1.807, 2.05) is 0 Å². The average molecular weight is 299 g/mol. The third-order valence-electron chi connectivity index (χ3n) is 2.57. The lowest BCUT2D eigenvalue weighted by Gasteiger charge is -2.32. The molecular formula is C11H13N3O5S. The van der Waals surface area contributed by atoms with Gasteiger partial charge in [0.1, 0.15) is 6.54 Å². The van der Waals surface area contributed by atoms with Gasteiger partial charge in [-0.25, -0.2) is 5.01 Å². The lowest BCUT2D eigenvalue weighted by Crippen LogP contribution is -2.52. The monoisotopic (exact) mass is 299 g/mol. The summed E-state index contributed by atoms with van der Waals surface area (Å²) >= 11 is 0. The number of carboxylic acids is 1. The molecule has 0 radical (unpaired) electrons. The predicted octanol–water partition coefficient (Wildman–Crippen LogP) is 0.0732. The van der Waals surface area contributed by atoms with Crippen molar-refractivity contribution >= 4 is 21.8 Å². The highest BCUT2D eigenvalue weighted by Gasteiger charge is 2.16. The molecule has 0 bridgehead atoms. The van der Waals surface area contributed by atoms with Crippen LogP contribution < -0.4 is 10.5 Å². The van der Waals surface area contributed by atoms with Crippen molar-refractivity contribution in [2.24, 2.45) is 0 Å². The molecule has 0 atom stereocenters. The van der Waals surface area contributed by atoms with Gasteiger partial charge in [-0.1, -0.05) is 6.08 Å². The number of hydrogen-bond acceptors (Lipinski definition) is 6. The third-order valence-corrected chi connectivity index (χ3v) is 3.44. The predicted molar refractivity (Wildman–Crippen MR) is 70.2 cm³/mol. The normalized spacial score (nSPS) is 16.4. The van der Waals surface area contributed by atoms with E-state index in [0.717, 1.165) is 0 Å². The molecule has 108 valence electrons. The molecule has 0 aliphatic carbocycles. The van der Waals surface area contributed by atoms with E-state index in [9.17, 15) is 13.2 Å².